The van der Waals surface area contributed by atoms with Crippen LogP contribution in [0.15, 0.2) is 24.3 Å². The van der Waals surface area contributed by atoms with Gasteiger partial charge in [0, 0.05) is 5.92 Å². The van der Waals surface area contributed by atoms with Gasteiger partial charge >= 0.3 is 6.09 Å². The molecule has 150 valence electrons. The molecule has 1 aromatic carbocycles. The Balaban J connectivity index is 2.24. The number of hydrogen-bond donors (Lipinski definition) is 3. The van der Waals surface area contributed by atoms with E-state index in [1.54, 1.807) is 0 Å². The number of alkyl carbamates (subject to hydrolysis) is 1. The number of hydrogen-bond acceptors (Lipinski definition) is 4. The van der Waals surface area contributed by atoms with Gasteiger partial charge in [0.05, 0.1) is 18.7 Å². The van der Waals surface area contributed by atoms with Crippen LogP contribution in [0.4, 0.5) is 4.79 Å². The van der Waals surface area contributed by atoms with Gasteiger partial charge in [-0.3, -0.25) is 4.79 Å². The highest BCUT2D eigenvalue weighted by atomic mass is 16.6. The number of rotatable bonds is 2. The van der Waals surface area contributed by atoms with Crippen LogP contribution in [0.25, 0.3) is 0 Å². The van der Waals surface area contributed by atoms with Crippen molar-refractivity contribution >= 4 is 12.0 Å². The van der Waals surface area contributed by atoms with Crippen LogP contribution in [0, 0.1) is 5.92 Å². The third-order valence-corrected chi connectivity index (χ3v) is 4.67. The van der Waals surface area contributed by atoms with Gasteiger partial charge in [0.2, 0.25) is 5.91 Å². The van der Waals surface area contributed by atoms with Crippen LogP contribution in [0.5, 0.6) is 0 Å². The molecule has 1 aliphatic rings. The number of benzene rings is 1. The van der Waals surface area contributed by atoms with E-state index in [2.05, 4.69) is 10.6 Å². The molecule has 1 aliphatic heterocycles. The third kappa shape index (κ3) is 6.86. The summed E-state index contributed by atoms with van der Waals surface area (Å²) in [5, 5.41) is 15.5. The maximum Gasteiger partial charge on any atom is 0.408 e. The topological polar surface area (TPSA) is 87.7 Å². The van der Waals surface area contributed by atoms with Gasteiger partial charge in [0.1, 0.15) is 5.60 Å². The summed E-state index contributed by atoms with van der Waals surface area (Å²) in [6, 6.07) is 7.45. The van der Waals surface area contributed by atoms with E-state index >= 15 is 0 Å². The van der Waals surface area contributed by atoms with Crippen LogP contribution in [-0.2, 0) is 16.0 Å². The molecular formula is C21H32N2O4. The van der Waals surface area contributed by atoms with E-state index in [4.69, 9.17) is 4.74 Å². The van der Waals surface area contributed by atoms with E-state index in [1.165, 1.54) is 0 Å². The number of aliphatic hydroxyl groups excluding tert-OH is 1. The number of nitrogens with one attached hydrogen (secondary N) is 2. The second-order valence-corrected chi connectivity index (χ2v) is 8.37. The van der Waals surface area contributed by atoms with Crippen molar-refractivity contribution in [1.29, 1.82) is 0 Å². The highest BCUT2D eigenvalue weighted by Gasteiger charge is 2.23. The first-order valence-electron chi connectivity index (χ1n) is 9.67. The van der Waals surface area contributed by atoms with E-state index in [9.17, 15) is 14.7 Å². The molecule has 0 saturated heterocycles. The van der Waals surface area contributed by atoms with E-state index in [1.807, 2.05) is 52.0 Å². The highest BCUT2D eigenvalue weighted by Crippen LogP contribution is 2.24. The van der Waals surface area contributed by atoms with Crippen LogP contribution < -0.4 is 10.6 Å². The minimum atomic E-state index is -0.557. The maximum absolute atomic E-state index is 12.3. The number of carbonyl (C=O) groups excluding carboxylic acids is 2. The molecule has 0 fully saturated rings. The van der Waals surface area contributed by atoms with Crippen molar-refractivity contribution in [3.63, 3.8) is 0 Å². The van der Waals surface area contributed by atoms with Crippen molar-refractivity contribution in [2.75, 3.05) is 6.61 Å². The normalized spacial score (nSPS) is 24.2. The lowest BCUT2D eigenvalue weighted by Gasteiger charge is -2.26. The van der Waals surface area contributed by atoms with Crippen LogP contribution in [0.2, 0.25) is 0 Å². The van der Waals surface area contributed by atoms with Gasteiger partial charge in [-0.15, -0.1) is 0 Å². The number of ether oxygens (including phenoxy) is 1. The SMILES string of the molecule is C[C@@H]1CCC[C@H](NC(=O)OC(C)(C)C)c2cccc(c2)C[C@H](CO)NC1=O. The van der Waals surface area contributed by atoms with E-state index in [-0.39, 0.29) is 30.5 Å². The molecule has 0 aromatic heterocycles. The Labute approximate surface area is 161 Å². The van der Waals surface area contributed by atoms with E-state index < -0.39 is 11.7 Å². The number of fused-ring (bicyclic) bond motifs is 2. The molecule has 27 heavy (non-hydrogen) atoms. The quantitative estimate of drug-likeness (QED) is 0.740. The van der Waals surface area contributed by atoms with Crippen molar-refractivity contribution in [1.82, 2.24) is 10.6 Å². The van der Waals surface area contributed by atoms with Gasteiger partial charge in [-0.05, 0) is 51.2 Å². The summed E-state index contributed by atoms with van der Waals surface area (Å²) >= 11 is 0. The third-order valence-electron chi connectivity index (χ3n) is 4.67. The Hall–Kier alpha value is -2.08. The fraction of sp³-hybridized carbons (Fsp3) is 0.619. The van der Waals surface area contributed by atoms with Crippen LogP contribution >= 0.6 is 0 Å². The minimum absolute atomic E-state index is 0.0394. The first-order chi connectivity index (χ1) is 12.7. The van der Waals surface area contributed by atoms with Gasteiger partial charge in [-0.2, -0.15) is 0 Å². The Kier molecular flexibility index (Phi) is 7.25. The monoisotopic (exact) mass is 376 g/mol. The van der Waals surface area contributed by atoms with Gasteiger partial charge < -0.3 is 20.5 Å². The molecule has 1 aromatic rings. The zero-order valence-electron chi connectivity index (χ0n) is 16.7. The molecule has 2 amide bonds. The molecule has 0 spiro atoms. The smallest absolute Gasteiger partial charge is 0.408 e. The first-order valence-corrected chi connectivity index (χ1v) is 9.67. The molecule has 2 bridgehead atoms. The molecule has 6 heteroatoms. The van der Waals surface area contributed by atoms with Crippen molar-refractivity contribution in [2.45, 2.75) is 71.1 Å². The Bertz CT molecular complexity index is 654. The van der Waals surface area contributed by atoms with Crippen molar-refractivity contribution in [3.05, 3.63) is 35.4 Å². The molecule has 6 nitrogen and oxygen atoms in total. The zero-order valence-corrected chi connectivity index (χ0v) is 16.7. The van der Waals surface area contributed by atoms with Crippen molar-refractivity contribution < 1.29 is 19.4 Å². The van der Waals surface area contributed by atoms with E-state index in [0.29, 0.717) is 6.42 Å². The van der Waals surface area contributed by atoms with E-state index in [0.717, 1.165) is 30.4 Å². The number of carbonyl (C=O) groups is 2. The lowest BCUT2D eigenvalue weighted by atomic mass is 9.93. The Morgan fingerprint density at radius 2 is 2.07 bits per heavy atom. The summed E-state index contributed by atoms with van der Waals surface area (Å²) < 4.78 is 5.41. The van der Waals surface area contributed by atoms with Gasteiger partial charge in [0.25, 0.3) is 0 Å². The predicted molar refractivity (Wildman–Crippen MR) is 104 cm³/mol. The predicted octanol–water partition coefficient (Wildman–Crippen LogP) is 3.09. The van der Waals surface area contributed by atoms with Gasteiger partial charge in [-0.1, -0.05) is 37.6 Å². The Morgan fingerprint density at radius 1 is 1.33 bits per heavy atom. The van der Waals surface area contributed by atoms with Crippen LogP contribution in [0.1, 0.15) is 64.1 Å². The molecule has 0 unspecified atom stereocenters. The summed E-state index contributed by atoms with van der Waals surface area (Å²) in [5.41, 5.74) is 1.46. The summed E-state index contributed by atoms with van der Waals surface area (Å²) in [4.78, 5) is 24.6. The Morgan fingerprint density at radius 3 is 2.74 bits per heavy atom. The second-order valence-electron chi connectivity index (χ2n) is 8.37. The molecule has 3 N–H and O–H groups in total. The highest BCUT2D eigenvalue weighted by molar-refractivity contribution is 5.78. The van der Waals surface area contributed by atoms with Crippen molar-refractivity contribution in [2.24, 2.45) is 5.92 Å². The van der Waals surface area contributed by atoms with Crippen LogP contribution in [-0.4, -0.2) is 35.4 Å². The molecule has 0 saturated carbocycles. The van der Waals surface area contributed by atoms with Crippen molar-refractivity contribution in [3.8, 4) is 0 Å². The molecule has 1 heterocycles. The number of amides is 2. The number of aliphatic hydroxyl groups is 1. The average molecular weight is 376 g/mol. The molecule has 0 radical (unpaired) electrons. The summed E-state index contributed by atoms with van der Waals surface area (Å²) in [5.74, 6) is -0.179. The molecule has 3 atom stereocenters. The molecular weight excluding hydrogens is 344 g/mol. The second kappa shape index (κ2) is 9.22. The maximum atomic E-state index is 12.3. The fourth-order valence-electron chi connectivity index (χ4n) is 3.26. The molecule has 0 aliphatic carbocycles. The fourth-order valence-corrected chi connectivity index (χ4v) is 3.26. The molecule has 2 rings (SSSR count). The lowest BCUT2D eigenvalue weighted by molar-refractivity contribution is -0.125. The first kappa shape index (κ1) is 21.2. The largest absolute Gasteiger partial charge is 0.444 e. The minimum Gasteiger partial charge on any atom is -0.444 e. The van der Waals surface area contributed by atoms with Crippen LogP contribution in [0.3, 0.4) is 0 Å². The summed E-state index contributed by atoms with van der Waals surface area (Å²) in [6.07, 6.45) is 2.34. The summed E-state index contributed by atoms with van der Waals surface area (Å²) in [7, 11) is 0. The summed E-state index contributed by atoms with van der Waals surface area (Å²) in [6.45, 7) is 7.30. The average Bonchev–Trinajstić information content (AvgIpc) is 2.57. The zero-order chi connectivity index (χ0) is 20.0. The van der Waals surface area contributed by atoms with Gasteiger partial charge in [-0.25, -0.2) is 4.79 Å². The standard InChI is InChI=1S/C21H32N2O4/c1-14-7-5-10-18(23-20(26)27-21(2,3)4)16-9-6-8-15(11-16)12-17(13-24)22-19(14)25/h6,8-9,11,14,17-18,24H,5,7,10,12-13H2,1-4H3,(H,22,25)(H,23,26)/t14-,17-,18+/m1/s1. The lowest BCUT2D eigenvalue weighted by Crippen LogP contribution is -2.42. The van der Waals surface area contributed by atoms with Gasteiger partial charge in [0.15, 0.2) is 0 Å².